The second-order valence-corrected chi connectivity index (χ2v) is 6.00. The molecule has 1 aromatic heterocycles. The molecule has 19 heavy (non-hydrogen) atoms. The van der Waals surface area contributed by atoms with Gasteiger partial charge in [0.25, 0.3) is 0 Å². The van der Waals surface area contributed by atoms with E-state index in [0.717, 1.165) is 19.6 Å². The van der Waals surface area contributed by atoms with Gasteiger partial charge in [0, 0.05) is 37.6 Å². The van der Waals surface area contributed by atoms with Crippen LogP contribution >= 0.6 is 11.3 Å². The smallest absolute Gasteiger partial charge is 0.185 e. The van der Waals surface area contributed by atoms with Gasteiger partial charge in [-0.25, -0.2) is 4.98 Å². The number of hydrogen-bond acceptors (Lipinski definition) is 5. The van der Waals surface area contributed by atoms with Gasteiger partial charge in [-0.1, -0.05) is 13.8 Å². The highest BCUT2D eigenvalue weighted by atomic mass is 32.1. The second kappa shape index (κ2) is 7.22. The van der Waals surface area contributed by atoms with E-state index in [1.165, 1.54) is 36.9 Å². The molecule has 1 unspecified atom stereocenters. The van der Waals surface area contributed by atoms with Gasteiger partial charge in [0.05, 0.1) is 5.69 Å². The first-order chi connectivity index (χ1) is 9.24. The number of piperazine rings is 1. The quantitative estimate of drug-likeness (QED) is 0.868. The molecule has 1 atom stereocenters. The van der Waals surface area contributed by atoms with Crippen LogP contribution in [0.3, 0.4) is 0 Å². The molecule has 1 aliphatic heterocycles. The fraction of sp³-hybridized carbons (Fsp3) is 0.786. The number of anilines is 1. The van der Waals surface area contributed by atoms with E-state index in [0.29, 0.717) is 6.04 Å². The molecule has 0 radical (unpaired) electrons. The maximum Gasteiger partial charge on any atom is 0.185 e. The molecule has 5 heteroatoms. The van der Waals surface area contributed by atoms with Crippen LogP contribution in [0.5, 0.6) is 0 Å². The molecule has 108 valence electrons. The fourth-order valence-corrected chi connectivity index (χ4v) is 3.48. The fourth-order valence-electron chi connectivity index (χ4n) is 2.51. The predicted molar refractivity (Wildman–Crippen MR) is 83.1 cm³/mol. The van der Waals surface area contributed by atoms with Gasteiger partial charge in [0.15, 0.2) is 5.13 Å². The highest BCUT2D eigenvalue weighted by molar-refractivity contribution is 7.13. The van der Waals surface area contributed by atoms with Crippen molar-refractivity contribution in [2.45, 2.75) is 33.2 Å². The van der Waals surface area contributed by atoms with Crippen molar-refractivity contribution in [2.24, 2.45) is 0 Å². The molecule has 1 aromatic rings. The zero-order valence-electron chi connectivity index (χ0n) is 12.4. The largest absolute Gasteiger partial charge is 0.346 e. The summed E-state index contributed by atoms with van der Waals surface area (Å²) in [6.45, 7) is 13.4. The Balaban J connectivity index is 1.89. The van der Waals surface area contributed by atoms with Gasteiger partial charge < -0.3 is 10.2 Å². The molecule has 1 aliphatic rings. The van der Waals surface area contributed by atoms with Crippen molar-refractivity contribution in [3.05, 3.63) is 11.1 Å². The lowest BCUT2D eigenvalue weighted by Crippen LogP contribution is -2.46. The van der Waals surface area contributed by atoms with E-state index in [1.54, 1.807) is 11.3 Å². The maximum absolute atomic E-state index is 4.79. The summed E-state index contributed by atoms with van der Waals surface area (Å²) in [6, 6.07) is 0.358. The van der Waals surface area contributed by atoms with Crippen molar-refractivity contribution in [1.82, 2.24) is 15.2 Å². The molecular weight excluding hydrogens is 256 g/mol. The Morgan fingerprint density at radius 3 is 2.68 bits per heavy atom. The second-order valence-electron chi connectivity index (χ2n) is 5.16. The molecule has 2 heterocycles. The lowest BCUT2D eigenvalue weighted by atomic mass is 10.2. The molecule has 2 rings (SSSR count). The zero-order chi connectivity index (χ0) is 13.7. The molecular formula is C14H26N4S. The van der Waals surface area contributed by atoms with Crippen molar-refractivity contribution in [2.75, 3.05) is 44.2 Å². The van der Waals surface area contributed by atoms with E-state index in [2.05, 4.69) is 41.3 Å². The Hall–Kier alpha value is -0.650. The number of aromatic nitrogens is 1. The van der Waals surface area contributed by atoms with Gasteiger partial charge in [0.2, 0.25) is 0 Å². The lowest BCUT2D eigenvalue weighted by Gasteiger charge is -2.34. The maximum atomic E-state index is 4.79. The van der Waals surface area contributed by atoms with Crippen LogP contribution < -0.4 is 10.2 Å². The van der Waals surface area contributed by atoms with Gasteiger partial charge in [0.1, 0.15) is 0 Å². The Morgan fingerprint density at radius 1 is 1.32 bits per heavy atom. The molecule has 0 bridgehead atoms. The molecule has 0 spiro atoms. The van der Waals surface area contributed by atoms with E-state index in [-0.39, 0.29) is 0 Å². The van der Waals surface area contributed by atoms with E-state index in [4.69, 9.17) is 4.98 Å². The Morgan fingerprint density at radius 2 is 2.05 bits per heavy atom. The monoisotopic (exact) mass is 282 g/mol. The van der Waals surface area contributed by atoms with Crippen LogP contribution in [0.2, 0.25) is 0 Å². The van der Waals surface area contributed by atoms with E-state index in [9.17, 15) is 0 Å². The summed E-state index contributed by atoms with van der Waals surface area (Å²) in [6.07, 6.45) is 1.25. The van der Waals surface area contributed by atoms with Gasteiger partial charge in [-0.2, -0.15) is 0 Å². The third-order valence-electron chi connectivity index (χ3n) is 3.65. The Kier molecular flexibility index (Phi) is 5.60. The van der Waals surface area contributed by atoms with Crippen LogP contribution in [0.1, 0.15) is 38.9 Å². The van der Waals surface area contributed by atoms with Crippen molar-refractivity contribution in [3.63, 3.8) is 0 Å². The number of hydrogen-bond donors (Lipinski definition) is 1. The van der Waals surface area contributed by atoms with Gasteiger partial charge >= 0.3 is 0 Å². The minimum Gasteiger partial charge on any atom is -0.346 e. The topological polar surface area (TPSA) is 31.4 Å². The number of rotatable bonds is 6. The summed E-state index contributed by atoms with van der Waals surface area (Å²) >= 11 is 1.78. The minimum atomic E-state index is 0.358. The first kappa shape index (κ1) is 14.8. The molecule has 0 saturated carbocycles. The summed E-state index contributed by atoms with van der Waals surface area (Å²) in [5, 5.41) is 6.81. The Labute approximate surface area is 120 Å². The van der Waals surface area contributed by atoms with Gasteiger partial charge in [-0.05, 0) is 26.4 Å². The van der Waals surface area contributed by atoms with E-state index in [1.807, 2.05) is 0 Å². The first-order valence-electron chi connectivity index (χ1n) is 7.40. The van der Waals surface area contributed by atoms with Crippen LogP contribution in [0, 0.1) is 0 Å². The van der Waals surface area contributed by atoms with Crippen LogP contribution in [0.25, 0.3) is 0 Å². The van der Waals surface area contributed by atoms with E-state index < -0.39 is 0 Å². The average molecular weight is 282 g/mol. The molecule has 0 amide bonds. The van der Waals surface area contributed by atoms with Crippen LogP contribution in [-0.2, 0) is 0 Å². The first-order valence-corrected chi connectivity index (χ1v) is 8.28. The number of nitrogens with one attached hydrogen (secondary N) is 1. The third-order valence-corrected chi connectivity index (χ3v) is 4.57. The highest BCUT2D eigenvalue weighted by Crippen LogP contribution is 2.25. The highest BCUT2D eigenvalue weighted by Gasteiger charge is 2.19. The van der Waals surface area contributed by atoms with Crippen LogP contribution in [0.4, 0.5) is 5.13 Å². The molecule has 1 saturated heterocycles. The van der Waals surface area contributed by atoms with E-state index >= 15 is 0 Å². The van der Waals surface area contributed by atoms with Gasteiger partial charge in [-0.3, -0.25) is 4.90 Å². The summed E-state index contributed by atoms with van der Waals surface area (Å²) in [5.74, 6) is 0. The summed E-state index contributed by atoms with van der Waals surface area (Å²) < 4.78 is 0. The SMILES string of the molecule is CCCN1CCN(c2nc(C(C)NCC)cs2)CC1. The minimum absolute atomic E-state index is 0.358. The molecule has 1 fully saturated rings. The average Bonchev–Trinajstić information content (AvgIpc) is 2.90. The van der Waals surface area contributed by atoms with Crippen molar-refractivity contribution in [3.8, 4) is 0 Å². The van der Waals surface area contributed by atoms with Gasteiger partial charge in [-0.15, -0.1) is 11.3 Å². The summed E-state index contributed by atoms with van der Waals surface area (Å²) in [7, 11) is 0. The molecule has 4 nitrogen and oxygen atoms in total. The predicted octanol–water partition coefficient (Wildman–Crippen LogP) is 2.35. The molecule has 0 aromatic carbocycles. The number of nitrogens with zero attached hydrogens (tertiary/aromatic N) is 3. The van der Waals surface area contributed by atoms with Crippen molar-refractivity contribution in [1.29, 1.82) is 0 Å². The van der Waals surface area contributed by atoms with Crippen molar-refractivity contribution >= 4 is 16.5 Å². The van der Waals surface area contributed by atoms with Crippen molar-refractivity contribution < 1.29 is 0 Å². The van der Waals surface area contributed by atoms with Crippen LogP contribution in [-0.4, -0.2) is 49.2 Å². The molecule has 0 aliphatic carbocycles. The summed E-state index contributed by atoms with van der Waals surface area (Å²) in [4.78, 5) is 9.76. The Bertz CT molecular complexity index is 371. The lowest BCUT2D eigenvalue weighted by molar-refractivity contribution is 0.258. The van der Waals surface area contributed by atoms with Crippen LogP contribution in [0.15, 0.2) is 5.38 Å². The summed E-state index contributed by atoms with van der Waals surface area (Å²) in [5.41, 5.74) is 1.18. The normalized spacial score (nSPS) is 18.8. The number of thiazole rings is 1. The third kappa shape index (κ3) is 3.91. The standard InChI is InChI=1S/C14H26N4S/c1-4-6-17-7-9-18(10-8-17)14-16-13(11-19-14)12(3)15-5-2/h11-12,15H,4-10H2,1-3H3. The zero-order valence-corrected chi connectivity index (χ0v) is 13.2. The molecule has 1 N–H and O–H groups in total.